The molecule has 0 radical (unpaired) electrons. The number of phenolic OH excluding ortho intramolecular Hbond substituents is 1. The molecule has 0 spiro atoms. The number of phenols is 1. The monoisotopic (exact) mass is 292 g/mol. The molecule has 0 heterocycles. The number of carbonyl (C=O) groups excluding carboxylic acids is 1. The summed E-state index contributed by atoms with van der Waals surface area (Å²) in [6, 6.07) is 5.26. The zero-order chi connectivity index (χ0) is 15.8. The van der Waals surface area contributed by atoms with Crippen molar-refractivity contribution >= 4 is 11.6 Å². The van der Waals surface area contributed by atoms with Gasteiger partial charge in [-0.05, 0) is 50.4 Å². The maximum absolute atomic E-state index is 11.6. The van der Waals surface area contributed by atoms with Crippen LogP contribution in [0.4, 0.5) is 5.69 Å². The molecule has 21 heavy (non-hydrogen) atoms. The summed E-state index contributed by atoms with van der Waals surface area (Å²) in [6.07, 6.45) is 2.43. The van der Waals surface area contributed by atoms with Crippen LogP contribution in [-0.2, 0) is 4.79 Å². The first kappa shape index (κ1) is 17.5. The van der Waals surface area contributed by atoms with E-state index in [1.54, 1.807) is 12.1 Å². The summed E-state index contributed by atoms with van der Waals surface area (Å²) in [4.78, 5) is 11.6. The van der Waals surface area contributed by atoms with E-state index in [1.165, 1.54) is 0 Å². The predicted octanol–water partition coefficient (Wildman–Crippen LogP) is 3.83. The lowest BCUT2D eigenvalue weighted by Crippen LogP contribution is -2.21. The molecule has 1 rings (SSSR count). The van der Waals surface area contributed by atoms with Crippen molar-refractivity contribution in [2.75, 3.05) is 11.9 Å². The molecule has 0 saturated heterocycles. The first-order chi connectivity index (χ1) is 9.93. The van der Waals surface area contributed by atoms with Crippen molar-refractivity contribution in [3.8, 4) is 5.75 Å². The molecule has 1 aromatic carbocycles. The van der Waals surface area contributed by atoms with Crippen LogP contribution in [0.2, 0.25) is 0 Å². The highest BCUT2D eigenvalue weighted by Gasteiger charge is 2.12. The van der Waals surface area contributed by atoms with Gasteiger partial charge in [-0.25, -0.2) is 0 Å². The Balaban J connectivity index is 2.70. The van der Waals surface area contributed by atoms with Crippen LogP contribution in [-0.4, -0.2) is 17.6 Å². The van der Waals surface area contributed by atoms with E-state index in [9.17, 15) is 9.90 Å². The van der Waals surface area contributed by atoms with Gasteiger partial charge < -0.3 is 15.7 Å². The average molecular weight is 292 g/mol. The Hall–Kier alpha value is -1.55. The predicted molar refractivity (Wildman–Crippen MR) is 87.5 cm³/mol. The summed E-state index contributed by atoms with van der Waals surface area (Å²) >= 11 is 0. The van der Waals surface area contributed by atoms with Crippen LogP contribution in [0.25, 0.3) is 0 Å². The highest BCUT2D eigenvalue weighted by Crippen LogP contribution is 2.27. The first-order valence-corrected chi connectivity index (χ1v) is 7.80. The fourth-order valence-electron chi connectivity index (χ4n) is 2.13. The Kier molecular flexibility index (Phi) is 7.23. The third kappa shape index (κ3) is 6.17. The lowest BCUT2D eigenvalue weighted by Gasteiger charge is -2.17. The third-order valence-electron chi connectivity index (χ3n) is 3.43. The third-order valence-corrected chi connectivity index (χ3v) is 3.43. The van der Waals surface area contributed by atoms with Gasteiger partial charge in [0.2, 0.25) is 5.91 Å². The molecule has 1 atom stereocenters. The Morgan fingerprint density at radius 3 is 2.62 bits per heavy atom. The maximum Gasteiger partial charge on any atom is 0.224 e. The number of nitrogens with one attached hydrogen (secondary N) is 2. The minimum atomic E-state index is 0.00885. The zero-order valence-electron chi connectivity index (χ0n) is 13.6. The van der Waals surface area contributed by atoms with E-state index in [1.807, 2.05) is 19.9 Å². The van der Waals surface area contributed by atoms with Crippen LogP contribution >= 0.6 is 0 Å². The van der Waals surface area contributed by atoms with E-state index in [-0.39, 0.29) is 17.7 Å². The zero-order valence-corrected chi connectivity index (χ0v) is 13.6. The van der Waals surface area contributed by atoms with E-state index >= 15 is 0 Å². The van der Waals surface area contributed by atoms with Crippen molar-refractivity contribution in [1.29, 1.82) is 0 Å². The van der Waals surface area contributed by atoms with Crippen molar-refractivity contribution < 1.29 is 9.90 Å². The Morgan fingerprint density at radius 2 is 2.00 bits per heavy atom. The first-order valence-electron chi connectivity index (χ1n) is 7.80. The molecular weight excluding hydrogens is 264 g/mol. The molecule has 0 aromatic heterocycles. The standard InChI is InChI=1S/C17H28N2O2/c1-5-6-17(21)19-14-7-8-16(20)15(11-14)13(4)18-10-9-12(2)3/h7-8,11-13,18,20H,5-6,9-10H2,1-4H3,(H,19,21). The number of aromatic hydroxyl groups is 1. The van der Waals surface area contributed by atoms with Gasteiger partial charge in [-0.15, -0.1) is 0 Å². The van der Waals surface area contributed by atoms with Crippen molar-refractivity contribution in [3.63, 3.8) is 0 Å². The summed E-state index contributed by atoms with van der Waals surface area (Å²) in [7, 11) is 0. The number of rotatable bonds is 8. The van der Waals surface area contributed by atoms with Crippen molar-refractivity contribution in [1.82, 2.24) is 5.32 Å². The second-order valence-corrected chi connectivity index (χ2v) is 5.93. The maximum atomic E-state index is 11.6. The highest BCUT2D eigenvalue weighted by molar-refractivity contribution is 5.90. The summed E-state index contributed by atoms with van der Waals surface area (Å²) < 4.78 is 0. The molecule has 0 fully saturated rings. The number of carbonyl (C=O) groups is 1. The SMILES string of the molecule is CCCC(=O)Nc1ccc(O)c(C(C)NCCC(C)C)c1. The Bertz CT molecular complexity index is 458. The van der Waals surface area contributed by atoms with Crippen LogP contribution in [0.3, 0.4) is 0 Å². The van der Waals surface area contributed by atoms with Crippen LogP contribution in [0.5, 0.6) is 5.75 Å². The highest BCUT2D eigenvalue weighted by atomic mass is 16.3. The number of hydrogen-bond donors (Lipinski definition) is 3. The van der Waals surface area contributed by atoms with Crippen molar-refractivity contribution in [2.24, 2.45) is 5.92 Å². The van der Waals surface area contributed by atoms with Crippen molar-refractivity contribution in [3.05, 3.63) is 23.8 Å². The van der Waals surface area contributed by atoms with Gasteiger partial charge in [-0.1, -0.05) is 20.8 Å². The molecule has 4 heteroatoms. The molecule has 0 bridgehead atoms. The quantitative estimate of drug-likeness (QED) is 0.638. The van der Waals surface area contributed by atoms with E-state index in [0.29, 0.717) is 12.3 Å². The molecular formula is C17H28N2O2. The summed E-state index contributed by atoms with van der Waals surface area (Å²) in [5.41, 5.74) is 1.55. The minimum Gasteiger partial charge on any atom is -0.508 e. The number of amides is 1. The normalized spacial score (nSPS) is 12.4. The molecule has 118 valence electrons. The summed E-state index contributed by atoms with van der Waals surface area (Å²) in [5, 5.41) is 16.3. The number of anilines is 1. The Labute approximate surface area is 128 Å². The van der Waals surface area contributed by atoms with Crippen LogP contribution in [0, 0.1) is 5.92 Å². The summed E-state index contributed by atoms with van der Waals surface area (Å²) in [6.45, 7) is 9.28. The minimum absolute atomic E-state index is 0.00885. The molecule has 0 saturated carbocycles. The lowest BCUT2D eigenvalue weighted by molar-refractivity contribution is -0.116. The number of benzene rings is 1. The van der Waals surface area contributed by atoms with Gasteiger partial charge in [0.05, 0.1) is 0 Å². The fraction of sp³-hybridized carbons (Fsp3) is 0.588. The fourth-order valence-corrected chi connectivity index (χ4v) is 2.13. The van der Waals surface area contributed by atoms with E-state index in [4.69, 9.17) is 0 Å². The molecule has 1 amide bonds. The van der Waals surface area contributed by atoms with Gasteiger partial charge in [0.15, 0.2) is 0 Å². The molecule has 0 aliphatic rings. The topological polar surface area (TPSA) is 61.4 Å². The average Bonchev–Trinajstić information content (AvgIpc) is 2.40. The summed E-state index contributed by atoms with van der Waals surface area (Å²) in [5.74, 6) is 0.917. The molecule has 0 aliphatic carbocycles. The smallest absolute Gasteiger partial charge is 0.224 e. The van der Waals surface area contributed by atoms with Crippen molar-refractivity contribution in [2.45, 2.75) is 53.0 Å². The number of hydrogen-bond acceptors (Lipinski definition) is 3. The van der Waals surface area contributed by atoms with Gasteiger partial charge in [-0.2, -0.15) is 0 Å². The van der Waals surface area contributed by atoms with Gasteiger partial charge in [0, 0.05) is 23.7 Å². The second-order valence-electron chi connectivity index (χ2n) is 5.93. The molecule has 1 unspecified atom stereocenters. The molecule has 0 aliphatic heterocycles. The largest absolute Gasteiger partial charge is 0.508 e. The van der Waals surface area contributed by atoms with Gasteiger partial charge in [0.25, 0.3) is 0 Å². The molecule has 4 nitrogen and oxygen atoms in total. The van der Waals surface area contributed by atoms with Gasteiger partial charge in [-0.3, -0.25) is 4.79 Å². The molecule has 3 N–H and O–H groups in total. The van der Waals surface area contributed by atoms with E-state index < -0.39 is 0 Å². The van der Waals surface area contributed by atoms with Crippen LogP contribution < -0.4 is 10.6 Å². The van der Waals surface area contributed by atoms with Gasteiger partial charge >= 0.3 is 0 Å². The van der Waals surface area contributed by atoms with Gasteiger partial charge in [0.1, 0.15) is 5.75 Å². The molecule has 1 aromatic rings. The van der Waals surface area contributed by atoms with Crippen LogP contribution in [0.15, 0.2) is 18.2 Å². The second kappa shape index (κ2) is 8.67. The van der Waals surface area contributed by atoms with Crippen LogP contribution in [0.1, 0.15) is 58.6 Å². The Morgan fingerprint density at radius 1 is 1.29 bits per heavy atom. The van der Waals surface area contributed by atoms with E-state index in [0.717, 1.165) is 30.6 Å². The lowest BCUT2D eigenvalue weighted by atomic mass is 10.1. The van der Waals surface area contributed by atoms with E-state index in [2.05, 4.69) is 24.5 Å².